The Balaban J connectivity index is 1.80. The molecular formula is C27H32N2OS. The number of thioether (sulfide) groups is 1. The van der Waals surface area contributed by atoms with E-state index >= 15 is 0 Å². The van der Waals surface area contributed by atoms with E-state index in [1.165, 1.54) is 32.1 Å². The highest BCUT2D eigenvalue weighted by Crippen LogP contribution is 2.32. The van der Waals surface area contributed by atoms with Crippen molar-refractivity contribution in [3.63, 3.8) is 0 Å². The summed E-state index contributed by atoms with van der Waals surface area (Å²) in [5.74, 6) is 1.58. The molecule has 0 bridgehead atoms. The quantitative estimate of drug-likeness (QED) is 0.463. The maximum atomic E-state index is 13.7. The monoisotopic (exact) mass is 432 g/mol. The molecule has 1 aliphatic rings. The molecule has 0 saturated heterocycles. The summed E-state index contributed by atoms with van der Waals surface area (Å²) in [5.41, 5.74) is 4.75. The van der Waals surface area contributed by atoms with Gasteiger partial charge in [-0.15, -0.1) is 0 Å². The first kappa shape index (κ1) is 21.9. The topological polar surface area (TPSA) is 42.0 Å². The fourth-order valence-corrected chi connectivity index (χ4v) is 5.23. The Morgan fingerprint density at radius 3 is 2.52 bits per heavy atom. The molecule has 4 rings (SSSR count). The number of carbonyl (C=O) groups is 1. The Bertz CT molecular complexity index is 1030. The third-order valence-corrected chi connectivity index (χ3v) is 7.15. The van der Waals surface area contributed by atoms with Gasteiger partial charge in [-0.25, -0.2) is 4.98 Å². The maximum absolute atomic E-state index is 13.7. The van der Waals surface area contributed by atoms with Crippen LogP contribution in [-0.2, 0) is 6.42 Å². The zero-order valence-electron chi connectivity index (χ0n) is 18.6. The van der Waals surface area contributed by atoms with Crippen LogP contribution in [0, 0.1) is 5.92 Å². The summed E-state index contributed by atoms with van der Waals surface area (Å²) >= 11 is 1.80. The van der Waals surface area contributed by atoms with Gasteiger partial charge in [0.15, 0.2) is 0 Å². The summed E-state index contributed by atoms with van der Waals surface area (Å²) < 4.78 is 0. The first-order valence-electron chi connectivity index (χ1n) is 11.5. The predicted molar refractivity (Wildman–Crippen MR) is 133 cm³/mol. The lowest BCUT2D eigenvalue weighted by molar-refractivity contribution is 0.0920. The lowest BCUT2D eigenvalue weighted by Crippen LogP contribution is -2.39. The zero-order valence-corrected chi connectivity index (χ0v) is 19.4. The highest BCUT2D eigenvalue weighted by atomic mass is 32.2. The number of pyridine rings is 1. The zero-order chi connectivity index (χ0) is 21.6. The van der Waals surface area contributed by atoms with E-state index in [0.717, 1.165) is 45.5 Å². The number of carbonyl (C=O) groups excluding carboxylic acids is 1. The van der Waals surface area contributed by atoms with Gasteiger partial charge in [0.05, 0.1) is 16.8 Å². The van der Waals surface area contributed by atoms with Crippen LogP contribution in [0.2, 0.25) is 0 Å². The number of benzene rings is 2. The van der Waals surface area contributed by atoms with Crippen LogP contribution in [0.1, 0.15) is 54.9 Å². The van der Waals surface area contributed by atoms with Crippen LogP contribution >= 0.6 is 11.8 Å². The van der Waals surface area contributed by atoms with Gasteiger partial charge in [-0.05, 0) is 55.7 Å². The minimum absolute atomic E-state index is 0.0463. The Hall–Kier alpha value is -2.33. The van der Waals surface area contributed by atoms with Gasteiger partial charge in [0.2, 0.25) is 0 Å². The van der Waals surface area contributed by atoms with E-state index in [9.17, 15) is 4.79 Å². The molecule has 1 heterocycles. The van der Waals surface area contributed by atoms with Crippen molar-refractivity contribution in [1.29, 1.82) is 0 Å². The number of amides is 1. The Kier molecular flexibility index (Phi) is 7.29. The molecule has 3 aromatic rings. The van der Waals surface area contributed by atoms with E-state index in [2.05, 4.69) is 30.6 Å². The summed E-state index contributed by atoms with van der Waals surface area (Å²) in [5, 5.41) is 4.33. The number of para-hydroxylation sites is 1. The number of hydrogen-bond donors (Lipinski definition) is 1. The Labute approximate surface area is 190 Å². The fourth-order valence-electron chi connectivity index (χ4n) is 4.82. The molecule has 1 atom stereocenters. The highest BCUT2D eigenvalue weighted by molar-refractivity contribution is 7.98. The van der Waals surface area contributed by atoms with E-state index < -0.39 is 0 Å². The van der Waals surface area contributed by atoms with Crippen LogP contribution < -0.4 is 5.32 Å². The first-order valence-corrected chi connectivity index (χ1v) is 12.8. The summed E-state index contributed by atoms with van der Waals surface area (Å²) in [4.78, 5) is 18.8. The van der Waals surface area contributed by atoms with Gasteiger partial charge < -0.3 is 5.32 Å². The molecule has 162 valence electrons. The van der Waals surface area contributed by atoms with E-state index in [0.29, 0.717) is 5.92 Å². The van der Waals surface area contributed by atoms with E-state index in [1.54, 1.807) is 11.8 Å². The van der Waals surface area contributed by atoms with E-state index in [1.807, 2.05) is 42.5 Å². The van der Waals surface area contributed by atoms with Gasteiger partial charge in [-0.1, -0.05) is 67.8 Å². The summed E-state index contributed by atoms with van der Waals surface area (Å²) in [7, 11) is 0. The summed E-state index contributed by atoms with van der Waals surface area (Å²) in [6, 6.07) is 18.5. The van der Waals surface area contributed by atoms with Crippen LogP contribution in [-0.4, -0.2) is 28.9 Å². The molecule has 1 fully saturated rings. The standard InChI is InChI=1S/C27H32N2OS/c1-19(20-11-5-3-6-12-20)28-27(30)25-22-15-9-10-16-24(22)29-26(23(25)17-18-31-2)21-13-7-4-8-14-21/h4,7-10,13-16,19-20H,3,5-6,11-12,17-18H2,1-2H3,(H,28,30). The molecule has 1 saturated carbocycles. The SMILES string of the molecule is CSCCc1c(-c2ccccc2)nc2ccccc2c1C(=O)NC(C)C1CCCCC1. The highest BCUT2D eigenvalue weighted by Gasteiger charge is 2.25. The second-order valence-corrected chi connectivity index (χ2v) is 9.59. The first-order chi connectivity index (χ1) is 15.2. The van der Waals surface area contributed by atoms with Crippen LogP contribution in [0.25, 0.3) is 22.2 Å². The van der Waals surface area contributed by atoms with Gasteiger partial charge >= 0.3 is 0 Å². The normalized spacial score (nSPS) is 15.7. The largest absolute Gasteiger partial charge is 0.349 e. The van der Waals surface area contributed by atoms with E-state index in [-0.39, 0.29) is 11.9 Å². The number of nitrogens with zero attached hydrogens (tertiary/aromatic N) is 1. The summed E-state index contributed by atoms with van der Waals surface area (Å²) in [6.07, 6.45) is 9.25. The second kappa shape index (κ2) is 10.3. The van der Waals surface area contributed by atoms with Gasteiger partial charge in [-0.2, -0.15) is 11.8 Å². The molecule has 1 aromatic heterocycles. The van der Waals surface area contributed by atoms with Crippen molar-refractivity contribution in [2.45, 2.75) is 51.5 Å². The number of rotatable bonds is 7. The number of hydrogen-bond acceptors (Lipinski definition) is 3. The molecular weight excluding hydrogens is 400 g/mol. The van der Waals surface area contributed by atoms with Crippen LogP contribution in [0.15, 0.2) is 54.6 Å². The molecule has 1 unspecified atom stereocenters. The Morgan fingerprint density at radius 2 is 1.77 bits per heavy atom. The minimum atomic E-state index is 0.0463. The minimum Gasteiger partial charge on any atom is -0.349 e. The molecule has 4 heteroatoms. The Morgan fingerprint density at radius 1 is 1.06 bits per heavy atom. The third-order valence-electron chi connectivity index (χ3n) is 6.54. The smallest absolute Gasteiger partial charge is 0.252 e. The number of aromatic nitrogens is 1. The van der Waals surface area contributed by atoms with Crippen LogP contribution in [0.5, 0.6) is 0 Å². The van der Waals surface area contributed by atoms with Crippen molar-refractivity contribution in [1.82, 2.24) is 10.3 Å². The molecule has 0 aliphatic heterocycles. The molecule has 1 amide bonds. The average Bonchev–Trinajstić information content (AvgIpc) is 2.82. The van der Waals surface area contributed by atoms with Gasteiger partial charge in [0.25, 0.3) is 5.91 Å². The lowest BCUT2D eigenvalue weighted by Gasteiger charge is -2.29. The predicted octanol–water partition coefficient (Wildman–Crippen LogP) is 6.51. The average molecular weight is 433 g/mol. The fraction of sp³-hybridized carbons (Fsp3) is 0.407. The van der Waals surface area contributed by atoms with Crippen LogP contribution in [0.4, 0.5) is 0 Å². The molecule has 3 nitrogen and oxygen atoms in total. The number of fused-ring (bicyclic) bond motifs is 1. The maximum Gasteiger partial charge on any atom is 0.252 e. The lowest BCUT2D eigenvalue weighted by atomic mass is 9.84. The molecule has 0 radical (unpaired) electrons. The van der Waals surface area contributed by atoms with Crippen LogP contribution in [0.3, 0.4) is 0 Å². The van der Waals surface area contributed by atoms with Crippen molar-refractivity contribution in [2.24, 2.45) is 5.92 Å². The molecule has 1 N–H and O–H groups in total. The third kappa shape index (κ3) is 4.95. The molecule has 31 heavy (non-hydrogen) atoms. The van der Waals surface area contributed by atoms with E-state index in [4.69, 9.17) is 4.98 Å². The van der Waals surface area contributed by atoms with Crippen molar-refractivity contribution in [3.8, 4) is 11.3 Å². The van der Waals surface area contributed by atoms with Gasteiger partial charge in [0, 0.05) is 17.0 Å². The van der Waals surface area contributed by atoms with Crippen molar-refractivity contribution >= 4 is 28.6 Å². The summed E-state index contributed by atoms with van der Waals surface area (Å²) in [6.45, 7) is 2.18. The van der Waals surface area contributed by atoms with Crippen molar-refractivity contribution in [3.05, 3.63) is 65.7 Å². The molecule has 0 spiro atoms. The van der Waals surface area contributed by atoms with Gasteiger partial charge in [0.1, 0.15) is 0 Å². The van der Waals surface area contributed by atoms with Crippen molar-refractivity contribution < 1.29 is 4.79 Å². The second-order valence-electron chi connectivity index (χ2n) is 8.60. The van der Waals surface area contributed by atoms with Crippen molar-refractivity contribution in [2.75, 3.05) is 12.0 Å². The molecule has 2 aromatic carbocycles. The number of nitrogens with one attached hydrogen (secondary N) is 1. The molecule has 1 aliphatic carbocycles. The van der Waals surface area contributed by atoms with Gasteiger partial charge in [-0.3, -0.25) is 4.79 Å².